The normalized spacial score (nSPS) is 21.5. The number of carbonyl (C=O) groups excluding carboxylic acids is 2. The Morgan fingerprint density at radius 3 is 2.24 bits per heavy atom. The molecule has 1 aliphatic carbocycles. The van der Waals surface area contributed by atoms with Gasteiger partial charge in [0.2, 0.25) is 0 Å². The number of nitrogens with zero attached hydrogens (tertiary/aromatic N) is 1. The van der Waals surface area contributed by atoms with Crippen molar-refractivity contribution in [3.05, 3.63) is 12.2 Å². The van der Waals surface area contributed by atoms with E-state index in [4.69, 9.17) is 9.47 Å². The maximum Gasteiger partial charge on any atom is 0.410 e. The zero-order valence-electron chi connectivity index (χ0n) is 16.2. The number of esters is 1. The third-order valence-corrected chi connectivity index (χ3v) is 5.36. The minimum atomic E-state index is -0.435. The second-order valence-corrected chi connectivity index (χ2v) is 8.42. The molecular formula is C20H33NO4. The van der Waals surface area contributed by atoms with Gasteiger partial charge in [0, 0.05) is 19.2 Å². The first kappa shape index (κ1) is 19.8. The van der Waals surface area contributed by atoms with Crippen LogP contribution in [0.3, 0.4) is 0 Å². The van der Waals surface area contributed by atoms with Crippen molar-refractivity contribution in [3.63, 3.8) is 0 Å². The van der Waals surface area contributed by atoms with E-state index in [1.54, 1.807) is 6.08 Å². The van der Waals surface area contributed by atoms with Gasteiger partial charge in [0.05, 0.1) is 6.61 Å². The molecule has 0 atom stereocenters. The highest BCUT2D eigenvalue weighted by Gasteiger charge is 2.39. The fourth-order valence-corrected chi connectivity index (χ4v) is 3.84. The number of ether oxygens (including phenoxy) is 2. The first-order valence-electron chi connectivity index (χ1n) is 9.56. The quantitative estimate of drug-likeness (QED) is 0.561. The van der Waals surface area contributed by atoms with Gasteiger partial charge in [0.15, 0.2) is 0 Å². The molecule has 2 fully saturated rings. The molecule has 0 N–H and O–H groups in total. The van der Waals surface area contributed by atoms with E-state index in [2.05, 4.69) is 0 Å². The lowest BCUT2D eigenvalue weighted by atomic mass is 9.65. The first-order chi connectivity index (χ1) is 11.7. The van der Waals surface area contributed by atoms with Crippen molar-refractivity contribution in [2.75, 3.05) is 19.7 Å². The maximum atomic E-state index is 12.2. The molecule has 1 saturated heterocycles. The van der Waals surface area contributed by atoms with Crippen molar-refractivity contribution in [2.45, 2.75) is 71.8 Å². The van der Waals surface area contributed by atoms with Gasteiger partial charge >= 0.3 is 12.1 Å². The van der Waals surface area contributed by atoms with Crippen molar-refractivity contribution in [2.24, 2.45) is 11.3 Å². The summed E-state index contributed by atoms with van der Waals surface area (Å²) in [5.74, 6) is 0.229. The summed E-state index contributed by atoms with van der Waals surface area (Å²) in [6.07, 6.45) is 10.1. The van der Waals surface area contributed by atoms with Gasteiger partial charge in [0.1, 0.15) is 5.60 Å². The molecule has 5 heteroatoms. The Hall–Kier alpha value is -1.52. The number of amides is 1. The van der Waals surface area contributed by atoms with E-state index < -0.39 is 5.60 Å². The maximum absolute atomic E-state index is 12.2. The molecule has 1 saturated carbocycles. The van der Waals surface area contributed by atoms with E-state index in [1.807, 2.05) is 38.7 Å². The summed E-state index contributed by atoms with van der Waals surface area (Å²) < 4.78 is 10.4. The highest BCUT2D eigenvalue weighted by atomic mass is 16.6. The van der Waals surface area contributed by atoms with Crippen LogP contribution in [0.1, 0.15) is 66.2 Å². The number of rotatable bonds is 3. The molecule has 0 unspecified atom stereocenters. The van der Waals surface area contributed by atoms with Crippen molar-refractivity contribution in [1.29, 1.82) is 0 Å². The standard InChI is InChI=1S/C20H33NO4/c1-5-24-17(22)7-6-16-8-10-20(11-9-16)12-14-21(15-13-20)18(23)25-19(2,3)4/h6-7,16H,5,8-15H2,1-4H3. The van der Waals surface area contributed by atoms with Crippen LogP contribution >= 0.6 is 0 Å². The van der Waals surface area contributed by atoms with Crippen LogP contribution in [0.2, 0.25) is 0 Å². The molecular weight excluding hydrogens is 318 g/mol. The second kappa shape index (κ2) is 8.24. The van der Waals surface area contributed by atoms with E-state index in [1.165, 1.54) is 12.8 Å². The molecule has 1 spiro atoms. The summed E-state index contributed by atoms with van der Waals surface area (Å²) >= 11 is 0. The predicted molar refractivity (Wildman–Crippen MR) is 97.2 cm³/mol. The number of hydrogen-bond donors (Lipinski definition) is 0. The number of likely N-dealkylation sites (tertiary alicyclic amines) is 1. The average Bonchev–Trinajstić information content (AvgIpc) is 2.54. The van der Waals surface area contributed by atoms with Crippen LogP contribution in [0.5, 0.6) is 0 Å². The number of carbonyl (C=O) groups is 2. The summed E-state index contributed by atoms with van der Waals surface area (Å²) in [5.41, 5.74) is -0.0671. The van der Waals surface area contributed by atoms with Gasteiger partial charge in [-0.1, -0.05) is 6.08 Å². The van der Waals surface area contributed by atoms with E-state index in [0.717, 1.165) is 38.8 Å². The van der Waals surface area contributed by atoms with Gasteiger partial charge in [-0.25, -0.2) is 9.59 Å². The topological polar surface area (TPSA) is 55.8 Å². The Bertz CT molecular complexity index is 488. The number of allylic oxidation sites excluding steroid dienone is 1. The van der Waals surface area contributed by atoms with Crippen LogP contribution in [0.25, 0.3) is 0 Å². The van der Waals surface area contributed by atoms with Crippen molar-refractivity contribution >= 4 is 12.1 Å². The third kappa shape index (κ3) is 6.05. The molecule has 2 aliphatic rings. The van der Waals surface area contributed by atoms with Crippen molar-refractivity contribution < 1.29 is 19.1 Å². The Kier molecular flexibility index (Phi) is 6.53. The lowest BCUT2D eigenvalue weighted by Gasteiger charge is -2.45. The minimum absolute atomic E-state index is 0.187. The van der Waals surface area contributed by atoms with Gasteiger partial charge in [-0.05, 0) is 77.6 Å². The van der Waals surface area contributed by atoms with Gasteiger partial charge in [-0.2, -0.15) is 0 Å². The molecule has 0 aromatic carbocycles. The summed E-state index contributed by atoms with van der Waals surface area (Å²) in [6, 6.07) is 0. The zero-order chi connectivity index (χ0) is 18.5. The van der Waals surface area contributed by atoms with Crippen LogP contribution in [0.15, 0.2) is 12.2 Å². The van der Waals surface area contributed by atoms with E-state index >= 15 is 0 Å². The fourth-order valence-electron chi connectivity index (χ4n) is 3.84. The summed E-state index contributed by atoms with van der Waals surface area (Å²) in [5, 5.41) is 0. The van der Waals surface area contributed by atoms with E-state index in [9.17, 15) is 9.59 Å². The highest BCUT2D eigenvalue weighted by molar-refractivity contribution is 5.81. The van der Waals surface area contributed by atoms with Crippen molar-refractivity contribution in [1.82, 2.24) is 4.90 Å². The van der Waals surface area contributed by atoms with Gasteiger partial charge < -0.3 is 14.4 Å². The number of piperidine rings is 1. The number of hydrogen-bond acceptors (Lipinski definition) is 4. The molecule has 0 aromatic rings. The zero-order valence-corrected chi connectivity index (χ0v) is 16.2. The van der Waals surface area contributed by atoms with Gasteiger partial charge in [0.25, 0.3) is 0 Å². The molecule has 5 nitrogen and oxygen atoms in total. The summed E-state index contributed by atoms with van der Waals surface area (Å²) in [7, 11) is 0. The molecule has 0 aromatic heterocycles. The largest absolute Gasteiger partial charge is 0.463 e. The van der Waals surface area contributed by atoms with Gasteiger partial charge in [-0.3, -0.25) is 0 Å². The van der Waals surface area contributed by atoms with Crippen LogP contribution in [0.4, 0.5) is 4.79 Å². The monoisotopic (exact) mass is 351 g/mol. The molecule has 142 valence electrons. The van der Waals surface area contributed by atoms with Crippen LogP contribution in [0, 0.1) is 11.3 Å². The SMILES string of the molecule is CCOC(=O)C=CC1CCC2(CC1)CCN(C(=O)OC(C)(C)C)CC2. The Morgan fingerprint density at radius 2 is 1.72 bits per heavy atom. The molecule has 2 rings (SSSR count). The van der Waals surface area contributed by atoms with E-state index in [-0.39, 0.29) is 12.1 Å². The molecule has 0 bridgehead atoms. The fraction of sp³-hybridized carbons (Fsp3) is 0.800. The first-order valence-corrected chi connectivity index (χ1v) is 9.56. The van der Waals surface area contributed by atoms with Crippen LogP contribution in [-0.2, 0) is 14.3 Å². The second-order valence-electron chi connectivity index (χ2n) is 8.42. The third-order valence-electron chi connectivity index (χ3n) is 5.36. The molecule has 1 heterocycles. The predicted octanol–water partition coefficient (Wildman–Crippen LogP) is 4.31. The van der Waals surface area contributed by atoms with Crippen LogP contribution < -0.4 is 0 Å². The summed E-state index contributed by atoms with van der Waals surface area (Å²) in [6.45, 7) is 9.53. The molecule has 1 amide bonds. The van der Waals surface area contributed by atoms with Crippen molar-refractivity contribution in [3.8, 4) is 0 Å². The molecule has 0 radical (unpaired) electrons. The van der Waals surface area contributed by atoms with E-state index in [0.29, 0.717) is 17.9 Å². The Labute approximate surface area is 151 Å². The van der Waals surface area contributed by atoms with Crippen LogP contribution in [-0.4, -0.2) is 42.3 Å². The Morgan fingerprint density at radius 1 is 1.12 bits per heavy atom. The lowest BCUT2D eigenvalue weighted by molar-refractivity contribution is -0.137. The molecule has 25 heavy (non-hydrogen) atoms. The van der Waals surface area contributed by atoms with Gasteiger partial charge in [-0.15, -0.1) is 0 Å². The highest BCUT2D eigenvalue weighted by Crippen LogP contribution is 2.46. The molecule has 1 aliphatic heterocycles. The smallest absolute Gasteiger partial charge is 0.410 e. The average molecular weight is 351 g/mol. The lowest BCUT2D eigenvalue weighted by Crippen LogP contribution is -2.46. The Balaban J connectivity index is 1.77. The summed E-state index contributed by atoms with van der Waals surface area (Å²) in [4.78, 5) is 25.5. The minimum Gasteiger partial charge on any atom is -0.463 e.